The summed E-state index contributed by atoms with van der Waals surface area (Å²) in [6, 6.07) is 11.4. The Morgan fingerprint density at radius 1 is 1.18 bits per heavy atom. The third kappa shape index (κ3) is 2.20. The number of ketones is 1. The minimum atomic E-state index is -0.181. The standard InChI is InChI=1S/C14H13BrO2/c1-9(15)14(16)12-7-3-6-11-10(12)5-4-8-13(11)17-2/h3-9H,1-2H3. The van der Waals surface area contributed by atoms with Crippen LogP contribution in [0.4, 0.5) is 0 Å². The van der Waals surface area contributed by atoms with Gasteiger partial charge in [-0.15, -0.1) is 0 Å². The third-order valence-corrected chi connectivity index (χ3v) is 3.14. The highest BCUT2D eigenvalue weighted by molar-refractivity contribution is 9.10. The molecule has 2 nitrogen and oxygen atoms in total. The average molecular weight is 293 g/mol. The maximum atomic E-state index is 12.1. The molecule has 0 aromatic heterocycles. The molecule has 0 saturated heterocycles. The fraction of sp³-hybridized carbons (Fsp3) is 0.214. The monoisotopic (exact) mass is 292 g/mol. The van der Waals surface area contributed by atoms with Crippen molar-refractivity contribution < 1.29 is 9.53 Å². The molecule has 1 atom stereocenters. The van der Waals surface area contributed by atoms with E-state index in [0.29, 0.717) is 0 Å². The number of hydrogen-bond donors (Lipinski definition) is 0. The number of halogens is 1. The predicted octanol–water partition coefficient (Wildman–Crippen LogP) is 3.81. The van der Waals surface area contributed by atoms with Crippen molar-refractivity contribution in [1.29, 1.82) is 0 Å². The number of Topliss-reactive ketones (excluding diaryl/α,β-unsaturated/α-hetero) is 1. The molecule has 0 saturated carbocycles. The van der Waals surface area contributed by atoms with Gasteiger partial charge in [-0.05, 0) is 18.4 Å². The number of fused-ring (bicyclic) bond motifs is 1. The Kier molecular flexibility index (Phi) is 3.48. The summed E-state index contributed by atoms with van der Waals surface area (Å²) in [6.07, 6.45) is 0. The summed E-state index contributed by atoms with van der Waals surface area (Å²) in [5.74, 6) is 0.878. The molecule has 2 rings (SSSR count). The van der Waals surface area contributed by atoms with Gasteiger partial charge < -0.3 is 4.74 Å². The van der Waals surface area contributed by atoms with Gasteiger partial charge >= 0.3 is 0 Å². The second-order valence-electron chi connectivity index (χ2n) is 3.84. The number of methoxy groups -OCH3 is 1. The van der Waals surface area contributed by atoms with Gasteiger partial charge in [0.05, 0.1) is 11.9 Å². The van der Waals surface area contributed by atoms with Crippen molar-refractivity contribution in [3.05, 3.63) is 42.0 Å². The molecule has 2 aromatic rings. The van der Waals surface area contributed by atoms with Gasteiger partial charge in [0.1, 0.15) is 5.75 Å². The Labute approximate surface area is 109 Å². The number of rotatable bonds is 3. The number of carbonyl (C=O) groups is 1. The molecule has 0 bridgehead atoms. The number of benzene rings is 2. The lowest BCUT2D eigenvalue weighted by Gasteiger charge is -2.09. The summed E-state index contributed by atoms with van der Waals surface area (Å²) < 4.78 is 5.30. The van der Waals surface area contributed by atoms with Gasteiger partial charge in [-0.2, -0.15) is 0 Å². The van der Waals surface area contributed by atoms with Gasteiger partial charge in [-0.1, -0.05) is 46.3 Å². The van der Waals surface area contributed by atoms with Crippen molar-refractivity contribution in [2.75, 3.05) is 7.11 Å². The van der Waals surface area contributed by atoms with Crippen LogP contribution in [0.5, 0.6) is 5.75 Å². The topological polar surface area (TPSA) is 26.3 Å². The van der Waals surface area contributed by atoms with E-state index in [0.717, 1.165) is 22.1 Å². The molecule has 88 valence electrons. The smallest absolute Gasteiger partial charge is 0.176 e. The maximum Gasteiger partial charge on any atom is 0.176 e. The molecule has 3 heteroatoms. The predicted molar refractivity (Wildman–Crippen MR) is 73.2 cm³/mol. The molecular weight excluding hydrogens is 280 g/mol. The van der Waals surface area contributed by atoms with E-state index in [1.807, 2.05) is 43.3 Å². The SMILES string of the molecule is COc1cccc2c(C(=O)C(C)Br)cccc12. The summed E-state index contributed by atoms with van der Waals surface area (Å²) >= 11 is 3.32. The van der Waals surface area contributed by atoms with E-state index in [2.05, 4.69) is 15.9 Å². The van der Waals surface area contributed by atoms with Crippen molar-refractivity contribution in [1.82, 2.24) is 0 Å². The first-order valence-corrected chi connectivity index (χ1v) is 6.30. The molecular formula is C14H13BrO2. The second-order valence-corrected chi connectivity index (χ2v) is 5.21. The zero-order valence-electron chi connectivity index (χ0n) is 9.74. The van der Waals surface area contributed by atoms with Crippen LogP contribution in [0.25, 0.3) is 10.8 Å². The fourth-order valence-electron chi connectivity index (χ4n) is 1.89. The zero-order valence-corrected chi connectivity index (χ0v) is 11.3. The molecule has 0 heterocycles. The summed E-state index contributed by atoms with van der Waals surface area (Å²) in [6.45, 7) is 1.83. The molecule has 1 unspecified atom stereocenters. The van der Waals surface area contributed by atoms with Crippen LogP contribution in [0, 0.1) is 0 Å². The van der Waals surface area contributed by atoms with Crippen LogP contribution in [-0.4, -0.2) is 17.7 Å². The summed E-state index contributed by atoms with van der Waals surface area (Å²) in [5, 5.41) is 1.90. The Bertz CT molecular complexity index is 561. The molecule has 0 aliphatic heterocycles. The van der Waals surface area contributed by atoms with Crippen LogP contribution in [0.1, 0.15) is 17.3 Å². The molecule has 0 amide bonds. The van der Waals surface area contributed by atoms with Crippen molar-refractivity contribution in [2.24, 2.45) is 0 Å². The van der Waals surface area contributed by atoms with Gasteiger partial charge in [0.25, 0.3) is 0 Å². The van der Waals surface area contributed by atoms with E-state index in [-0.39, 0.29) is 10.6 Å². The lowest BCUT2D eigenvalue weighted by molar-refractivity contribution is 0.0997. The van der Waals surface area contributed by atoms with Crippen LogP contribution >= 0.6 is 15.9 Å². The van der Waals surface area contributed by atoms with E-state index in [1.165, 1.54) is 0 Å². The number of carbonyl (C=O) groups excluding carboxylic acids is 1. The Balaban J connectivity index is 2.70. The minimum Gasteiger partial charge on any atom is -0.496 e. The second kappa shape index (κ2) is 4.88. The first-order chi connectivity index (χ1) is 8.15. The largest absolute Gasteiger partial charge is 0.496 e. The Morgan fingerprint density at radius 2 is 1.82 bits per heavy atom. The summed E-state index contributed by atoms with van der Waals surface area (Å²) in [5.41, 5.74) is 0.728. The number of hydrogen-bond acceptors (Lipinski definition) is 2. The van der Waals surface area contributed by atoms with Crippen LogP contribution in [0.2, 0.25) is 0 Å². The molecule has 0 spiro atoms. The van der Waals surface area contributed by atoms with Crippen LogP contribution in [0.15, 0.2) is 36.4 Å². The van der Waals surface area contributed by atoms with Gasteiger partial charge in [-0.25, -0.2) is 0 Å². The van der Waals surface area contributed by atoms with Gasteiger partial charge in [0.15, 0.2) is 5.78 Å². The highest BCUT2D eigenvalue weighted by Gasteiger charge is 2.15. The number of alkyl halides is 1. The summed E-state index contributed by atoms with van der Waals surface area (Å²) in [4.78, 5) is 11.9. The lowest BCUT2D eigenvalue weighted by Crippen LogP contribution is -2.10. The van der Waals surface area contributed by atoms with Crippen molar-refractivity contribution in [2.45, 2.75) is 11.8 Å². The first kappa shape index (κ1) is 12.1. The molecule has 17 heavy (non-hydrogen) atoms. The van der Waals surface area contributed by atoms with Crippen LogP contribution in [0.3, 0.4) is 0 Å². The molecule has 0 aliphatic rings. The molecule has 0 fully saturated rings. The Hall–Kier alpha value is -1.35. The zero-order chi connectivity index (χ0) is 12.4. The van der Waals surface area contributed by atoms with Crippen molar-refractivity contribution >= 4 is 32.5 Å². The highest BCUT2D eigenvalue weighted by atomic mass is 79.9. The van der Waals surface area contributed by atoms with Gasteiger partial charge in [0, 0.05) is 10.9 Å². The molecule has 0 N–H and O–H groups in total. The van der Waals surface area contributed by atoms with Crippen molar-refractivity contribution in [3.63, 3.8) is 0 Å². The van der Waals surface area contributed by atoms with E-state index in [1.54, 1.807) is 7.11 Å². The molecule has 2 aromatic carbocycles. The van der Waals surface area contributed by atoms with E-state index >= 15 is 0 Å². The van der Waals surface area contributed by atoms with Crippen molar-refractivity contribution in [3.8, 4) is 5.75 Å². The quantitative estimate of drug-likeness (QED) is 0.635. The van der Waals surface area contributed by atoms with E-state index in [9.17, 15) is 4.79 Å². The van der Waals surface area contributed by atoms with E-state index in [4.69, 9.17) is 4.74 Å². The maximum absolute atomic E-state index is 12.1. The lowest BCUT2D eigenvalue weighted by atomic mass is 10.00. The van der Waals surface area contributed by atoms with Crippen LogP contribution < -0.4 is 4.74 Å². The minimum absolute atomic E-state index is 0.0869. The highest BCUT2D eigenvalue weighted by Crippen LogP contribution is 2.28. The Morgan fingerprint density at radius 3 is 2.47 bits per heavy atom. The first-order valence-electron chi connectivity index (χ1n) is 5.39. The molecule has 0 aliphatic carbocycles. The molecule has 0 radical (unpaired) electrons. The average Bonchev–Trinajstić information content (AvgIpc) is 2.36. The number of ether oxygens (including phenoxy) is 1. The van der Waals surface area contributed by atoms with Gasteiger partial charge in [0.2, 0.25) is 0 Å². The van der Waals surface area contributed by atoms with Crippen LogP contribution in [-0.2, 0) is 0 Å². The summed E-state index contributed by atoms with van der Waals surface area (Å²) in [7, 11) is 1.64. The fourth-order valence-corrected chi connectivity index (χ4v) is 2.13. The van der Waals surface area contributed by atoms with Gasteiger partial charge in [-0.3, -0.25) is 4.79 Å². The normalized spacial score (nSPS) is 12.4. The third-order valence-electron chi connectivity index (χ3n) is 2.73. The van der Waals surface area contributed by atoms with E-state index < -0.39 is 0 Å².